The molecule has 4 fully saturated rings. The molecule has 0 spiro atoms. The Morgan fingerprint density at radius 2 is 1.63 bits per heavy atom. The summed E-state index contributed by atoms with van der Waals surface area (Å²) in [5, 5.41) is 6.23. The van der Waals surface area contributed by atoms with Crippen LogP contribution in [0.4, 0.5) is 0 Å². The molecule has 4 aliphatic rings. The molecule has 1 amide bonds. The molecule has 19 heavy (non-hydrogen) atoms. The highest BCUT2D eigenvalue weighted by atomic mass is 35.5. The van der Waals surface area contributed by atoms with E-state index in [2.05, 4.69) is 10.6 Å². The SMILES string of the molecule is CNCCC(=O)NCC12CC3CC(CC(C3)C1)C2.Cl. The van der Waals surface area contributed by atoms with E-state index < -0.39 is 0 Å². The Kier molecular flexibility index (Phi) is 4.78. The Labute approximate surface area is 122 Å². The molecule has 4 rings (SSSR count). The van der Waals surface area contributed by atoms with Crippen LogP contribution in [-0.2, 0) is 4.79 Å². The van der Waals surface area contributed by atoms with Gasteiger partial charge >= 0.3 is 0 Å². The third-order valence-corrected chi connectivity index (χ3v) is 5.43. The first kappa shape index (κ1) is 15.1. The van der Waals surface area contributed by atoms with Crippen molar-refractivity contribution in [2.75, 3.05) is 20.1 Å². The fourth-order valence-electron chi connectivity index (χ4n) is 5.12. The van der Waals surface area contributed by atoms with Crippen LogP contribution in [0.2, 0.25) is 0 Å². The van der Waals surface area contributed by atoms with Crippen molar-refractivity contribution in [3.05, 3.63) is 0 Å². The molecule has 0 aliphatic heterocycles. The second-order valence-corrected chi connectivity index (χ2v) is 7.05. The number of nitrogens with one attached hydrogen (secondary N) is 2. The molecule has 0 aromatic carbocycles. The summed E-state index contributed by atoms with van der Waals surface area (Å²) < 4.78 is 0. The second kappa shape index (κ2) is 6.01. The summed E-state index contributed by atoms with van der Waals surface area (Å²) in [4.78, 5) is 11.7. The maximum absolute atomic E-state index is 11.7. The zero-order chi connectivity index (χ0) is 12.6. The molecule has 0 aromatic heterocycles. The molecular formula is C15H27ClN2O. The number of hydrogen-bond donors (Lipinski definition) is 2. The van der Waals surface area contributed by atoms with Crippen LogP contribution in [0.25, 0.3) is 0 Å². The molecule has 4 heteroatoms. The Morgan fingerprint density at radius 3 is 2.11 bits per heavy atom. The van der Waals surface area contributed by atoms with Crippen LogP contribution in [0, 0.1) is 23.2 Å². The first-order chi connectivity index (χ1) is 8.69. The minimum absolute atomic E-state index is 0. The third kappa shape index (κ3) is 3.25. The molecule has 110 valence electrons. The van der Waals surface area contributed by atoms with Gasteiger partial charge in [0.25, 0.3) is 0 Å². The van der Waals surface area contributed by atoms with Gasteiger partial charge in [-0.15, -0.1) is 12.4 Å². The summed E-state index contributed by atoms with van der Waals surface area (Å²) in [5.41, 5.74) is 0.476. The van der Waals surface area contributed by atoms with Crippen molar-refractivity contribution >= 4 is 18.3 Å². The predicted octanol–water partition coefficient (Wildman–Crippen LogP) is 2.35. The van der Waals surface area contributed by atoms with E-state index in [1.165, 1.54) is 38.5 Å². The maximum atomic E-state index is 11.7. The lowest BCUT2D eigenvalue weighted by molar-refractivity contribution is -0.123. The number of carbonyl (C=O) groups is 1. The lowest BCUT2D eigenvalue weighted by Gasteiger charge is -2.56. The van der Waals surface area contributed by atoms with E-state index in [0.29, 0.717) is 11.8 Å². The zero-order valence-corrected chi connectivity index (χ0v) is 12.7. The largest absolute Gasteiger partial charge is 0.356 e. The third-order valence-electron chi connectivity index (χ3n) is 5.43. The predicted molar refractivity (Wildman–Crippen MR) is 79.4 cm³/mol. The molecule has 3 nitrogen and oxygen atoms in total. The number of amides is 1. The van der Waals surface area contributed by atoms with Gasteiger partial charge in [0.2, 0.25) is 5.91 Å². The fourth-order valence-corrected chi connectivity index (χ4v) is 5.12. The van der Waals surface area contributed by atoms with Crippen molar-refractivity contribution in [2.24, 2.45) is 23.2 Å². The first-order valence-corrected chi connectivity index (χ1v) is 7.60. The summed E-state index contributed by atoms with van der Waals surface area (Å²) in [6, 6.07) is 0. The van der Waals surface area contributed by atoms with Gasteiger partial charge in [0, 0.05) is 19.5 Å². The van der Waals surface area contributed by atoms with Gasteiger partial charge in [-0.25, -0.2) is 0 Å². The molecule has 0 atom stereocenters. The van der Waals surface area contributed by atoms with E-state index in [1.807, 2.05) is 7.05 Å². The summed E-state index contributed by atoms with van der Waals surface area (Å²) in [5.74, 6) is 3.15. The monoisotopic (exact) mass is 286 g/mol. The van der Waals surface area contributed by atoms with Crippen molar-refractivity contribution < 1.29 is 4.79 Å². The number of carbonyl (C=O) groups excluding carboxylic acids is 1. The van der Waals surface area contributed by atoms with Gasteiger partial charge in [-0.3, -0.25) is 4.79 Å². The fraction of sp³-hybridized carbons (Fsp3) is 0.933. The van der Waals surface area contributed by atoms with E-state index >= 15 is 0 Å². The van der Waals surface area contributed by atoms with Crippen molar-refractivity contribution in [1.82, 2.24) is 10.6 Å². The highest BCUT2D eigenvalue weighted by Gasteiger charge is 2.50. The van der Waals surface area contributed by atoms with Crippen molar-refractivity contribution in [3.63, 3.8) is 0 Å². The Bertz CT molecular complexity index is 297. The molecule has 4 bridgehead atoms. The molecule has 4 aliphatic carbocycles. The van der Waals surface area contributed by atoms with E-state index in [9.17, 15) is 4.79 Å². The summed E-state index contributed by atoms with van der Waals surface area (Å²) in [7, 11) is 1.90. The van der Waals surface area contributed by atoms with Gasteiger partial charge in [0.05, 0.1) is 0 Å². The van der Waals surface area contributed by atoms with Crippen LogP contribution in [0.1, 0.15) is 44.9 Å². The molecule has 0 heterocycles. The molecular weight excluding hydrogens is 260 g/mol. The van der Waals surface area contributed by atoms with Crippen LogP contribution in [0.3, 0.4) is 0 Å². The number of rotatable bonds is 5. The van der Waals surface area contributed by atoms with Gasteiger partial charge in [0.15, 0.2) is 0 Å². The molecule has 4 saturated carbocycles. The number of hydrogen-bond acceptors (Lipinski definition) is 2. The van der Waals surface area contributed by atoms with Gasteiger partial charge in [-0.1, -0.05) is 0 Å². The van der Waals surface area contributed by atoms with Crippen molar-refractivity contribution in [2.45, 2.75) is 44.9 Å². The van der Waals surface area contributed by atoms with E-state index in [-0.39, 0.29) is 18.3 Å². The minimum atomic E-state index is 0. The lowest BCUT2D eigenvalue weighted by Crippen LogP contribution is -2.51. The molecule has 0 unspecified atom stereocenters. The first-order valence-electron chi connectivity index (χ1n) is 7.60. The summed E-state index contributed by atoms with van der Waals surface area (Å²) in [6.07, 6.45) is 9.19. The maximum Gasteiger partial charge on any atom is 0.221 e. The standard InChI is InChI=1S/C15H26N2O.ClH/c1-16-3-2-14(18)17-10-15-7-11-4-12(8-15)6-13(5-11)9-15;/h11-13,16H,2-10H2,1H3,(H,17,18);1H. The van der Waals surface area contributed by atoms with Crippen LogP contribution >= 0.6 is 12.4 Å². The molecule has 0 aromatic rings. The normalized spacial score (nSPS) is 38.9. The zero-order valence-electron chi connectivity index (χ0n) is 11.9. The average molecular weight is 287 g/mol. The summed E-state index contributed by atoms with van der Waals surface area (Å²) in [6.45, 7) is 1.73. The minimum Gasteiger partial charge on any atom is -0.356 e. The summed E-state index contributed by atoms with van der Waals surface area (Å²) >= 11 is 0. The van der Waals surface area contributed by atoms with Crippen molar-refractivity contribution in [1.29, 1.82) is 0 Å². The van der Waals surface area contributed by atoms with Gasteiger partial charge in [0.1, 0.15) is 0 Å². The van der Waals surface area contributed by atoms with E-state index in [1.54, 1.807) is 0 Å². The second-order valence-electron chi connectivity index (χ2n) is 7.05. The average Bonchev–Trinajstić information content (AvgIpc) is 2.32. The quantitative estimate of drug-likeness (QED) is 0.815. The highest BCUT2D eigenvalue weighted by Crippen LogP contribution is 2.59. The van der Waals surface area contributed by atoms with E-state index in [4.69, 9.17) is 0 Å². The molecule has 0 saturated heterocycles. The van der Waals surface area contributed by atoms with Gasteiger partial charge < -0.3 is 10.6 Å². The van der Waals surface area contributed by atoms with Gasteiger partial charge in [-0.05, 0) is 68.7 Å². The van der Waals surface area contributed by atoms with Crippen LogP contribution in [-0.4, -0.2) is 26.0 Å². The van der Waals surface area contributed by atoms with Crippen molar-refractivity contribution in [3.8, 4) is 0 Å². The Hall–Kier alpha value is -0.280. The van der Waals surface area contributed by atoms with Crippen LogP contribution in [0.15, 0.2) is 0 Å². The van der Waals surface area contributed by atoms with E-state index in [0.717, 1.165) is 30.8 Å². The number of halogens is 1. The molecule has 0 radical (unpaired) electrons. The van der Waals surface area contributed by atoms with Crippen LogP contribution in [0.5, 0.6) is 0 Å². The Morgan fingerprint density at radius 1 is 1.11 bits per heavy atom. The Balaban J connectivity index is 0.00000133. The lowest BCUT2D eigenvalue weighted by atomic mass is 9.49. The van der Waals surface area contributed by atoms with Gasteiger partial charge in [-0.2, -0.15) is 0 Å². The van der Waals surface area contributed by atoms with Crippen LogP contribution < -0.4 is 10.6 Å². The topological polar surface area (TPSA) is 41.1 Å². The molecule has 2 N–H and O–H groups in total. The smallest absolute Gasteiger partial charge is 0.221 e. The highest BCUT2D eigenvalue weighted by molar-refractivity contribution is 5.85.